The molecule has 0 aliphatic carbocycles. The van der Waals surface area contributed by atoms with Gasteiger partial charge in [-0.2, -0.15) is 4.98 Å². The van der Waals surface area contributed by atoms with Gasteiger partial charge in [0.15, 0.2) is 6.61 Å². The van der Waals surface area contributed by atoms with Gasteiger partial charge >= 0.3 is 0 Å². The topological polar surface area (TPSA) is 94.2 Å². The summed E-state index contributed by atoms with van der Waals surface area (Å²) in [6.45, 7) is 3.10. The third kappa shape index (κ3) is 3.39. The zero-order valence-corrected chi connectivity index (χ0v) is 14.2. The third-order valence-corrected chi connectivity index (χ3v) is 4.20. The number of ether oxygens (including phenoxy) is 1. The van der Waals surface area contributed by atoms with Gasteiger partial charge in [-0.1, -0.05) is 22.9 Å². The number of hydrogen-bond donors (Lipinski definition) is 0. The highest BCUT2D eigenvalue weighted by atomic mass is 16.5. The van der Waals surface area contributed by atoms with Gasteiger partial charge in [0.25, 0.3) is 5.91 Å². The van der Waals surface area contributed by atoms with Gasteiger partial charge in [-0.25, -0.2) is 4.98 Å². The molecule has 0 bridgehead atoms. The van der Waals surface area contributed by atoms with Crippen LogP contribution in [0, 0.1) is 6.92 Å². The van der Waals surface area contributed by atoms with Crippen molar-refractivity contribution in [3.05, 3.63) is 54.3 Å². The fourth-order valence-electron chi connectivity index (χ4n) is 2.63. The second-order valence-corrected chi connectivity index (χ2v) is 6.14. The van der Waals surface area contributed by atoms with Crippen molar-refractivity contribution in [3.8, 4) is 17.3 Å². The molecule has 0 spiro atoms. The smallest absolute Gasteiger partial charge is 0.260 e. The Hall–Kier alpha value is -3.29. The molecule has 0 atom stereocenters. The number of carbonyl (C=O) groups excluding carboxylic acids is 1. The number of likely N-dealkylation sites (tertiary alicyclic amines) is 1. The summed E-state index contributed by atoms with van der Waals surface area (Å²) in [6.07, 6.45) is 4.73. The summed E-state index contributed by atoms with van der Waals surface area (Å²) in [5.41, 5.74) is 1.70. The van der Waals surface area contributed by atoms with Crippen molar-refractivity contribution >= 4 is 5.91 Å². The molecule has 1 amide bonds. The number of nitrogens with zero attached hydrogens (tertiary/aromatic N) is 5. The Balaban J connectivity index is 1.29. The van der Waals surface area contributed by atoms with E-state index in [2.05, 4.69) is 20.1 Å². The lowest BCUT2D eigenvalue weighted by Gasteiger charge is -2.36. The summed E-state index contributed by atoms with van der Waals surface area (Å²) in [7, 11) is 0. The van der Waals surface area contributed by atoms with Crippen LogP contribution in [0.25, 0.3) is 11.5 Å². The molecule has 0 saturated carbocycles. The number of carbonyl (C=O) groups is 1. The minimum Gasteiger partial charge on any atom is -0.484 e. The van der Waals surface area contributed by atoms with Crippen LogP contribution in [-0.4, -0.2) is 50.6 Å². The molecule has 1 fully saturated rings. The lowest BCUT2D eigenvalue weighted by molar-refractivity contribution is -0.138. The highest BCUT2D eigenvalue weighted by Crippen LogP contribution is 2.27. The molecule has 0 N–H and O–H groups in total. The summed E-state index contributed by atoms with van der Waals surface area (Å²) in [6, 6.07) is 7.61. The van der Waals surface area contributed by atoms with E-state index in [-0.39, 0.29) is 18.4 Å². The predicted molar refractivity (Wildman–Crippen MR) is 91.3 cm³/mol. The molecule has 1 aliphatic heterocycles. The Morgan fingerprint density at radius 1 is 1.27 bits per heavy atom. The molecule has 1 aliphatic rings. The molecule has 3 aromatic rings. The van der Waals surface area contributed by atoms with Crippen molar-refractivity contribution in [1.82, 2.24) is 25.0 Å². The maximum absolute atomic E-state index is 12.2. The van der Waals surface area contributed by atoms with E-state index >= 15 is 0 Å². The number of hydrogen-bond acceptors (Lipinski definition) is 7. The quantitative estimate of drug-likeness (QED) is 0.692. The van der Waals surface area contributed by atoms with Crippen LogP contribution in [0.3, 0.4) is 0 Å². The molecule has 2 aromatic heterocycles. The number of benzene rings is 1. The Morgan fingerprint density at radius 3 is 2.81 bits per heavy atom. The van der Waals surface area contributed by atoms with E-state index in [1.54, 1.807) is 23.5 Å². The molecule has 26 heavy (non-hydrogen) atoms. The van der Waals surface area contributed by atoms with Crippen molar-refractivity contribution < 1.29 is 14.1 Å². The largest absolute Gasteiger partial charge is 0.484 e. The maximum Gasteiger partial charge on any atom is 0.260 e. The van der Waals surface area contributed by atoms with Crippen LogP contribution < -0.4 is 4.74 Å². The van der Waals surface area contributed by atoms with Crippen LogP contribution >= 0.6 is 0 Å². The first-order valence-electron chi connectivity index (χ1n) is 8.26. The zero-order valence-electron chi connectivity index (χ0n) is 14.2. The monoisotopic (exact) mass is 351 g/mol. The first-order chi connectivity index (χ1) is 12.7. The van der Waals surface area contributed by atoms with Crippen LogP contribution in [0.15, 0.2) is 47.4 Å². The normalized spacial score (nSPS) is 14.1. The van der Waals surface area contributed by atoms with Gasteiger partial charge in [0.1, 0.15) is 11.4 Å². The molecular formula is C18H17N5O3. The Labute approximate surface area is 149 Å². The predicted octanol–water partition coefficient (Wildman–Crippen LogP) is 1.84. The van der Waals surface area contributed by atoms with Gasteiger partial charge in [-0.3, -0.25) is 9.78 Å². The minimum atomic E-state index is -0.0597. The van der Waals surface area contributed by atoms with Gasteiger partial charge in [-0.05, 0) is 19.1 Å². The number of aryl methyl sites for hydroxylation is 1. The zero-order chi connectivity index (χ0) is 17.9. The summed E-state index contributed by atoms with van der Waals surface area (Å²) in [4.78, 5) is 26.4. The summed E-state index contributed by atoms with van der Waals surface area (Å²) >= 11 is 0. The summed E-state index contributed by atoms with van der Waals surface area (Å²) in [5, 5.41) is 3.93. The molecule has 0 radical (unpaired) electrons. The fraction of sp³-hybridized carbons (Fsp3) is 0.278. The first-order valence-corrected chi connectivity index (χ1v) is 8.26. The molecule has 8 heteroatoms. The molecule has 8 nitrogen and oxygen atoms in total. The molecule has 1 saturated heterocycles. The van der Waals surface area contributed by atoms with E-state index in [1.165, 1.54) is 0 Å². The standard InChI is InChI=1S/C18H17N5O3/c1-12-2-4-14(5-3-12)25-11-16(24)23-9-13(10-23)18-21-17(22-26-18)15-8-19-6-7-20-15/h2-8,13H,9-11H2,1H3. The van der Waals surface area contributed by atoms with Gasteiger partial charge in [-0.15, -0.1) is 0 Å². The van der Waals surface area contributed by atoms with Crippen LogP contribution in [-0.2, 0) is 4.79 Å². The average molecular weight is 351 g/mol. The van der Waals surface area contributed by atoms with Gasteiger partial charge in [0, 0.05) is 25.5 Å². The van der Waals surface area contributed by atoms with E-state index < -0.39 is 0 Å². The van der Waals surface area contributed by atoms with Crippen LogP contribution in [0.5, 0.6) is 5.75 Å². The van der Waals surface area contributed by atoms with Crippen LogP contribution in [0.1, 0.15) is 17.4 Å². The lowest BCUT2D eigenvalue weighted by atomic mass is 10.0. The fourth-order valence-corrected chi connectivity index (χ4v) is 2.63. The number of rotatable bonds is 5. The van der Waals surface area contributed by atoms with Crippen LogP contribution in [0.4, 0.5) is 0 Å². The third-order valence-electron chi connectivity index (χ3n) is 4.20. The van der Waals surface area contributed by atoms with Gasteiger partial charge in [0.2, 0.25) is 11.7 Å². The average Bonchev–Trinajstić information content (AvgIpc) is 3.10. The van der Waals surface area contributed by atoms with E-state index in [0.29, 0.717) is 36.2 Å². The molecule has 4 rings (SSSR count). The summed E-state index contributed by atoms with van der Waals surface area (Å²) < 4.78 is 10.8. The van der Waals surface area contributed by atoms with E-state index in [4.69, 9.17) is 9.26 Å². The Bertz CT molecular complexity index is 889. The van der Waals surface area contributed by atoms with Crippen molar-refractivity contribution in [3.63, 3.8) is 0 Å². The molecule has 3 heterocycles. The second-order valence-electron chi connectivity index (χ2n) is 6.14. The van der Waals surface area contributed by atoms with Crippen molar-refractivity contribution in [2.24, 2.45) is 0 Å². The van der Waals surface area contributed by atoms with Crippen LogP contribution in [0.2, 0.25) is 0 Å². The lowest BCUT2D eigenvalue weighted by Crippen LogP contribution is -2.50. The molecule has 1 aromatic carbocycles. The molecular weight excluding hydrogens is 334 g/mol. The van der Waals surface area contributed by atoms with E-state index in [1.807, 2.05) is 31.2 Å². The second kappa shape index (κ2) is 6.91. The van der Waals surface area contributed by atoms with E-state index in [9.17, 15) is 4.79 Å². The number of aromatic nitrogens is 4. The minimum absolute atomic E-state index is 0.0183. The first kappa shape index (κ1) is 16.2. The SMILES string of the molecule is Cc1ccc(OCC(=O)N2CC(c3nc(-c4cnccn4)no3)C2)cc1. The highest BCUT2D eigenvalue weighted by Gasteiger charge is 2.35. The van der Waals surface area contributed by atoms with Crippen molar-refractivity contribution in [2.75, 3.05) is 19.7 Å². The molecule has 0 unspecified atom stereocenters. The maximum atomic E-state index is 12.2. The summed E-state index contributed by atoms with van der Waals surface area (Å²) in [5.74, 6) is 1.58. The van der Waals surface area contributed by atoms with Gasteiger partial charge < -0.3 is 14.2 Å². The Morgan fingerprint density at radius 2 is 2.08 bits per heavy atom. The van der Waals surface area contributed by atoms with Crippen molar-refractivity contribution in [2.45, 2.75) is 12.8 Å². The Kier molecular flexibility index (Phi) is 4.30. The number of amides is 1. The van der Waals surface area contributed by atoms with Gasteiger partial charge in [0.05, 0.1) is 12.1 Å². The van der Waals surface area contributed by atoms with E-state index in [0.717, 1.165) is 5.56 Å². The molecule has 132 valence electrons. The van der Waals surface area contributed by atoms with Crippen molar-refractivity contribution in [1.29, 1.82) is 0 Å². The highest BCUT2D eigenvalue weighted by molar-refractivity contribution is 5.78.